The molecular formula is C19H23N3O5. The van der Waals surface area contributed by atoms with Crippen LogP contribution in [0.1, 0.15) is 17.2 Å². The summed E-state index contributed by atoms with van der Waals surface area (Å²) in [5.41, 5.74) is 6.53. The van der Waals surface area contributed by atoms with Crippen LogP contribution in [0.15, 0.2) is 42.5 Å². The van der Waals surface area contributed by atoms with Gasteiger partial charge in [-0.05, 0) is 11.6 Å². The van der Waals surface area contributed by atoms with E-state index >= 15 is 0 Å². The Kier molecular flexibility index (Phi) is 7.01. The molecule has 8 nitrogen and oxygen atoms in total. The predicted octanol–water partition coefficient (Wildman–Crippen LogP) is 1.74. The summed E-state index contributed by atoms with van der Waals surface area (Å²) in [6, 6.07) is 10.8. The van der Waals surface area contributed by atoms with Gasteiger partial charge in [0.05, 0.1) is 21.3 Å². The maximum atomic E-state index is 12.4. The summed E-state index contributed by atoms with van der Waals surface area (Å²) in [4.78, 5) is 23.5. The molecule has 8 heteroatoms. The molecule has 27 heavy (non-hydrogen) atoms. The third kappa shape index (κ3) is 5.11. The number of rotatable bonds is 8. The minimum atomic E-state index is -0.911. The molecule has 0 unspecified atom stereocenters. The second-order valence-electron chi connectivity index (χ2n) is 5.60. The van der Waals surface area contributed by atoms with Crippen molar-refractivity contribution in [2.45, 2.75) is 12.6 Å². The highest BCUT2D eigenvalue weighted by Crippen LogP contribution is 2.34. The van der Waals surface area contributed by atoms with Crippen LogP contribution in [-0.2, 0) is 11.3 Å². The molecule has 2 aromatic rings. The standard InChI is InChI=1S/C19H23N3O5/c1-25-14-10-16(27-3)15(26-2)9-13(14)11-21-17(18(23)22-19(20)24)12-7-5-4-6-8-12/h4-10,17,21H,11H2,1-3H3,(H3,20,22,23,24)/t17-/m0/s1. The first-order chi connectivity index (χ1) is 13.0. The highest BCUT2D eigenvalue weighted by atomic mass is 16.5. The molecule has 0 fully saturated rings. The van der Waals surface area contributed by atoms with E-state index in [1.165, 1.54) is 14.2 Å². The van der Waals surface area contributed by atoms with E-state index in [-0.39, 0.29) is 6.54 Å². The minimum absolute atomic E-state index is 0.273. The van der Waals surface area contributed by atoms with Gasteiger partial charge in [0.1, 0.15) is 11.8 Å². The lowest BCUT2D eigenvalue weighted by atomic mass is 10.1. The summed E-state index contributed by atoms with van der Waals surface area (Å²) in [6.07, 6.45) is 0. The Morgan fingerprint density at radius 1 is 0.963 bits per heavy atom. The number of primary amides is 1. The number of nitrogens with one attached hydrogen (secondary N) is 2. The molecule has 0 aromatic heterocycles. The first kappa shape index (κ1) is 20.1. The second-order valence-corrected chi connectivity index (χ2v) is 5.60. The monoisotopic (exact) mass is 373 g/mol. The van der Waals surface area contributed by atoms with Crippen molar-refractivity contribution in [3.05, 3.63) is 53.6 Å². The summed E-state index contributed by atoms with van der Waals surface area (Å²) >= 11 is 0. The van der Waals surface area contributed by atoms with Gasteiger partial charge in [-0.1, -0.05) is 30.3 Å². The molecule has 2 rings (SSSR count). The molecule has 0 aliphatic carbocycles. The lowest BCUT2D eigenvalue weighted by molar-refractivity contribution is -0.122. The van der Waals surface area contributed by atoms with E-state index in [0.717, 1.165) is 5.56 Å². The largest absolute Gasteiger partial charge is 0.496 e. The maximum absolute atomic E-state index is 12.4. The molecule has 4 N–H and O–H groups in total. The average Bonchev–Trinajstić information content (AvgIpc) is 2.67. The van der Waals surface area contributed by atoms with Gasteiger partial charge in [0.15, 0.2) is 11.5 Å². The molecule has 0 aliphatic heterocycles. The normalized spacial score (nSPS) is 11.4. The van der Waals surface area contributed by atoms with Crippen molar-refractivity contribution < 1.29 is 23.8 Å². The van der Waals surface area contributed by atoms with Crippen molar-refractivity contribution in [3.63, 3.8) is 0 Å². The number of hydrogen-bond acceptors (Lipinski definition) is 6. The van der Waals surface area contributed by atoms with Gasteiger partial charge < -0.3 is 19.9 Å². The third-order valence-corrected chi connectivity index (χ3v) is 3.92. The van der Waals surface area contributed by atoms with Gasteiger partial charge in [-0.15, -0.1) is 0 Å². The topological polar surface area (TPSA) is 112 Å². The van der Waals surface area contributed by atoms with Crippen LogP contribution >= 0.6 is 0 Å². The number of imide groups is 1. The van der Waals surface area contributed by atoms with E-state index in [1.807, 2.05) is 6.07 Å². The van der Waals surface area contributed by atoms with Gasteiger partial charge in [-0.25, -0.2) is 4.79 Å². The van der Waals surface area contributed by atoms with Crippen molar-refractivity contribution in [1.82, 2.24) is 10.6 Å². The SMILES string of the molecule is COc1cc(OC)c(OC)cc1CN[C@H](C(=O)NC(N)=O)c1ccccc1. The summed E-state index contributed by atoms with van der Waals surface area (Å²) in [6.45, 7) is 0.273. The number of amides is 3. The Bertz CT molecular complexity index is 795. The minimum Gasteiger partial charge on any atom is -0.496 e. The number of ether oxygens (including phenoxy) is 3. The van der Waals surface area contributed by atoms with Crippen LogP contribution in [0.4, 0.5) is 4.79 Å². The third-order valence-electron chi connectivity index (χ3n) is 3.92. The number of urea groups is 1. The zero-order chi connectivity index (χ0) is 19.8. The predicted molar refractivity (Wildman–Crippen MR) is 99.8 cm³/mol. The molecule has 3 amide bonds. The molecule has 0 heterocycles. The number of carbonyl (C=O) groups excluding carboxylic acids is 2. The molecule has 0 saturated heterocycles. The second kappa shape index (κ2) is 9.44. The summed E-state index contributed by atoms with van der Waals surface area (Å²) in [7, 11) is 4.61. The molecule has 0 spiro atoms. The van der Waals surface area contributed by atoms with Crippen molar-refractivity contribution in [2.24, 2.45) is 5.73 Å². The fraction of sp³-hybridized carbons (Fsp3) is 0.263. The molecule has 0 saturated carbocycles. The van der Waals surface area contributed by atoms with Crippen molar-refractivity contribution in [3.8, 4) is 17.2 Å². The van der Waals surface area contributed by atoms with Gasteiger partial charge in [-0.3, -0.25) is 15.4 Å². The van der Waals surface area contributed by atoms with Crippen molar-refractivity contribution in [2.75, 3.05) is 21.3 Å². The summed E-state index contributed by atoms with van der Waals surface area (Å²) in [5, 5.41) is 5.23. The highest BCUT2D eigenvalue weighted by molar-refractivity contribution is 5.96. The van der Waals surface area contributed by atoms with Crippen LogP contribution in [0.2, 0.25) is 0 Å². The van der Waals surface area contributed by atoms with Crippen molar-refractivity contribution >= 4 is 11.9 Å². The van der Waals surface area contributed by atoms with Gasteiger partial charge >= 0.3 is 6.03 Å². The molecule has 0 bridgehead atoms. The lowest BCUT2D eigenvalue weighted by Gasteiger charge is -2.20. The van der Waals surface area contributed by atoms with Crippen LogP contribution in [0.5, 0.6) is 17.2 Å². The molecule has 0 aliphatic rings. The lowest BCUT2D eigenvalue weighted by Crippen LogP contribution is -2.42. The number of methoxy groups -OCH3 is 3. The molecule has 1 atom stereocenters. The van der Waals surface area contributed by atoms with E-state index in [0.29, 0.717) is 22.8 Å². The van der Waals surface area contributed by atoms with E-state index < -0.39 is 18.0 Å². The number of benzene rings is 2. The Hall–Kier alpha value is -3.26. The zero-order valence-electron chi connectivity index (χ0n) is 15.4. The van der Waals surface area contributed by atoms with E-state index in [2.05, 4.69) is 10.6 Å². The van der Waals surface area contributed by atoms with Gasteiger partial charge in [0.25, 0.3) is 0 Å². The van der Waals surface area contributed by atoms with Crippen LogP contribution < -0.4 is 30.6 Å². The van der Waals surface area contributed by atoms with Gasteiger partial charge in [0.2, 0.25) is 5.91 Å². The van der Waals surface area contributed by atoms with E-state index in [9.17, 15) is 9.59 Å². The highest BCUT2D eigenvalue weighted by Gasteiger charge is 2.22. The molecule has 0 radical (unpaired) electrons. The number of carbonyl (C=O) groups is 2. The van der Waals surface area contributed by atoms with Gasteiger partial charge in [0, 0.05) is 18.2 Å². The number of nitrogens with two attached hydrogens (primary N) is 1. The summed E-state index contributed by atoms with van der Waals surface area (Å²) in [5.74, 6) is 1.09. The van der Waals surface area contributed by atoms with Gasteiger partial charge in [-0.2, -0.15) is 0 Å². The Morgan fingerprint density at radius 2 is 1.56 bits per heavy atom. The van der Waals surface area contributed by atoms with Crippen LogP contribution in [0, 0.1) is 0 Å². The van der Waals surface area contributed by atoms with Crippen LogP contribution in [0.25, 0.3) is 0 Å². The molecular weight excluding hydrogens is 350 g/mol. The zero-order valence-corrected chi connectivity index (χ0v) is 15.4. The Morgan fingerprint density at radius 3 is 2.11 bits per heavy atom. The first-order valence-electron chi connectivity index (χ1n) is 8.17. The Labute approximate surface area is 157 Å². The number of hydrogen-bond donors (Lipinski definition) is 3. The average molecular weight is 373 g/mol. The van der Waals surface area contributed by atoms with Crippen LogP contribution in [0.3, 0.4) is 0 Å². The molecule has 2 aromatic carbocycles. The fourth-order valence-electron chi connectivity index (χ4n) is 2.64. The van der Waals surface area contributed by atoms with E-state index in [4.69, 9.17) is 19.9 Å². The summed E-state index contributed by atoms with van der Waals surface area (Å²) < 4.78 is 16.0. The van der Waals surface area contributed by atoms with E-state index in [1.54, 1.807) is 43.5 Å². The Balaban J connectivity index is 2.28. The quantitative estimate of drug-likeness (QED) is 0.650. The maximum Gasteiger partial charge on any atom is 0.318 e. The first-order valence-corrected chi connectivity index (χ1v) is 8.17. The van der Waals surface area contributed by atoms with Crippen LogP contribution in [-0.4, -0.2) is 33.3 Å². The fourth-order valence-corrected chi connectivity index (χ4v) is 2.64. The molecule has 144 valence electrons. The smallest absolute Gasteiger partial charge is 0.318 e. The van der Waals surface area contributed by atoms with Crippen molar-refractivity contribution in [1.29, 1.82) is 0 Å².